The minimum atomic E-state index is -0.526. The van der Waals surface area contributed by atoms with Crippen molar-refractivity contribution in [2.45, 2.75) is 12.2 Å². The van der Waals surface area contributed by atoms with Crippen molar-refractivity contribution in [2.75, 3.05) is 13.1 Å². The van der Waals surface area contributed by atoms with E-state index >= 15 is 0 Å². The average molecular weight is 278 g/mol. The minimum Gasteiger partial charge on any atom is -0.370 e. The molecule has 4 unspecified atom stereocenters. The number of rotatable bonds is 5. The third-order valence-corrected chi connectivity index (χ3v) is 3.59. The lowest BCUT2D eigenvalue weighted by Gasteiger charge is -2.18. The second-order valence-electron chi connectivity index (χ2n) is 4.72. The summed E-state index contributed by atoms with van der Waals surface area (Å²) in [5.74, 6) is -1.65. The molecule has 2 heterocycles. The Hall–Kier alpha value is -2.15. The minimum absolute atomic E-state index is 0.0689. The van der Waals surface area contributed by atoms with Crippen molar-refractivity contribution in [1.82, 2.24) is 4.90 Å². The molecule has 2 aliphatic heterocycles. The van der Waals surface area contributed by atoms with Gasteiger partial charge in [0, 0.05) is 6.54 Å². The predicted molar refractivity (Wildman–Crippen MR) is 73.4 cm³/mol. The van der Waals surface area contributed by atoms with Crippen LogP contribution in [-0.4, -0.2) is 48.0 Å². The molecule has 2 aliphatic rings. The highest BCUT2D eigenvalue weighted by atomic mass is 16.5. The van der Waals surface area contributed by atoms with Gasteiger partial charge >= 0.3 is 0 Å². The molecule has 4 atom stereocenters. The Bertz CT molecular complexity index is 452. The smallest absolute Gasteiger partial charge is 0.236 e. The van der Waals surface area contributed by atoms with Gasteiger partial charge in [0.25, 0.3) is 0 Å². The van der Waals surface area contributed by atoms with Crippen molar-refractivity contribution >= 4 is 17.8 Å². The number of guanidine groups is 1. The number of carbonyl (C=O) groups excluding carboxylic acids is 2. The number of imide groups is 1. The van der Waals surface area contributed by atoms with Crippen LogP contribution in [0.25, 0.3) is 0 Å². The second-order valence-corrected chi connectivity index (χ2v) is 4.72. The van der Waals surface area contributed by atoms with Crippen molar-refractivity contribution in [1.29, 1.82) is 0 Å². The van der Waals surface area contributed by atoms with Gasteiger partial charge in [-0.3, -0.25) is 19.5 Å². The number of carbonyl (C=O) groups is 2. The first-order chi connectivity index (χ1) is 9.51. The molecule has 0 spiro atoms. The lowest BCUT2D eigenvalue weighted by Crippen LogP contribution is -2.37. The standard InChI is InChI=1S/C13H18N4O3/c1-3-7-9-10(8(4-2)20-7)12(19)17(11(9)18)6-5-16-13(14)15/h3-4,7-10H,1-2,5-6H2,(H4,14,15,16). The summed E-state index contributed by atoms with van der Waals surface area (Å²) < 4.78 is 5.59. The zero-order valence-electron chi connectivity index (χ0n) is 11.1. The number of aliphatic imine (C=N–C) groups is 1. The third-order valence-electron chi connectivity index (χ3n) is 3.59. The van der Waals surface area contributed by atoms with E-state index in [2.05, 4.69) is 18.2 Å². The molecule has 0 aliphatic carbocycles. The maximum absolute atomic E-state index is 12.3. The Labute approximate surface area is 116 Å². The van der Waals surface area contributed by atoms with Crippen LogP contribution >= 0.6 is 0 Å². The molecule has 0 radical (unpaired) electrons. The quantitative estimate of drug-likeness (QED) is 0.290. The monoisotopic (exact) mass is 278 g/mol. The molecule has 0 aromatic heterocycles. The van der Waals surface area contributed by atoms with Gasteiger partial charge in [0.05, 0.1) is 30.6 Å². The molecule has 2 amide bonds. The summed E-state index contributed by atoms with van der Waals surface area (Å²) in [5, 5.41) is 0. The first-order valence-electron chi connectivity index (χ1n) is 6.32. The molecule has 0 aromatic rings. The van der Waals surface area contributed by atoms with Crippen LogP contribution in [-0.2, 0) is 14.3 Å². The van der Waals surface area contributed by atoms with Crippen LogP contribution in [0.15, 0.2) is 30.3 Å². The van der Waals surface area contributed by atoms with Crippen molar-refractivity contribution < 1.29 is 14.3 Å². The molecule has 0 aromatic carbocycles. The average Bonchev–Trinajstić information content (AvgIpc) is 2.90. The van der Waals surface area contributed by atoms with E-state index in [1.165, 1.54) is 4.90 Å². The number of hydrogen-bond acceptors (Lipinski definition) is 4. The van der Waals surface area contributed by atoms with Crippen LogP contribution in [0.2, 0.25) is 0 Å². The molecule has 0 saturated carbocycles. The summed E-state index contributed by atoms with van der Waals surface area (Å²) in [6, 6.07) is 0. The van der Waals surface area contributed by atoms with Gasteiger partial charge in [-0.15, -0.1) is 13.2 Å². The van der Waals surface area contributed by atoms with Gasteiger partial charge in [0.2, 0.25) is 11.8 Å². The lowest BCUT2D eigenvalue weighted by atomic mass is 9.89. The fourth-order valence-electron chi connectivity index (χ4n) is 2.72. The Balaban J connectivity index is 2.17. The zero-order valence-corrected chi connectivity index (χ0v) is 11.1. The summed E-state index contributed by atoms with van der Waals surface area (Å²) in [6.45, 7) is 7.65. The molecular weight excluding hydrogens is 260 g/mol. The highest BCUT2D eigenvalue weighted by Crippen LogP contribution is 2.41. The van der Waals surface area contributed by atoms with Gasteiger partial charge in [-0.2, -0.15) is 0 Å². The maximum atomic E-state index is 12.3. The largest absolute Gasteiger partial charge is 0.370 e. The summed E-state index contributed by atoms with van der Waals surface area (Å²) in [4.78, 5) is 29.6. The number of likely N-dealkylation sites (tertiary alicyclic amines) is 1. The summed E-state index contributed by atoms with van der Waals surface area (Å²) in [7, 11) is 0. The van der Waals surface area contributed by atoms with Crippen LogP contribution in [0.3, 0.4) is 0 Å². The Morgan fingerprint density at radius 2 is 1.70 bits per heavy atom. The highest BCUT2D eigenvalue weighted by Gasteiger charge is 2.58. The van der Waals surface area contributed by atoms with E-state index in [-0.39, 0.29) is 30.9 Å². The van der Waals surface area contributed by atoms with Gasteiger partial charge in [-0.05, 0) is 0 Å². The van der Waals surface area contributed by atoms with Crippen LogP contribution < -0.4 is 11.5 Å². The van der Waals surface area contributed by atoms with E-state index < -0.39 is 24.0 Å². The molecule has 2 saturated heterocycles. The Morgan fingerprint density at radius 1 is 1.20 bits per heavy atom. The van der Waals surface area contributed by atoms with E-state index in [9.17, 15) is 9.59 Å². The molecule has 108 valence electrons. The van der Waals surface area contributed by atoms with Crippen molar-refractivity contribution in [2.24, 2.45) is 28.3 Å². The lowest BCUT2D eigenvalue weighted by molar-refractivity contribution is -0.142. The van der Waals surface area contributed by atoms with Crippen LogP contribution in [0.4, 0.5) is 0 Å². The van der Waals surface area contributed by atoms with E-state index in [1.54, 1.807) is 12.2 Å². The zero-order chi connectivity index (χ0) is 14.9. The molecule has 2 fully saturated rings. The first kappa shape index (κ1) is 14.3. The third kappa shape index (κ3) is 2.20. The predicted octanol–water partition coefficient (Wildman–Crippen LogP) is -1.000. The van der Waals surface area contributed by atoms with Crippen LogP contribution in [0.5, 0.6) is 0 Å². The van der Waals surface area contributed by atoms with Gasteiger partial charge in [0.15, 0.2) is 5.96 Å². The highest BCUT2D eigenvalue weighted by molar-refractivity contribution is 6.06. The molecule has 2 rings (SSSR count). The normalized spacial score (nSPS) is 32.1. The van der Waals surface area contributed by atoms with Crippen LogP contribution in [0.1, 0.15) is 0 Å². The summed E-state index contributed by atoms with van der Waals surface area (Å²) in [5.41, 5.74) is 10.4. The Kier molecular flexibility index (Phi) is 3.89. The molecule has 7 nitrogen and oxygen atoms in total. The fraction of sp³-hybridized carbons (Fsp3) is 0.462. The fourth-order valence-corrected chi connectivity index (χ4v) is 2.72. The maximum Gasteiger partial charge on any atom is 0.236 e. The summed E-state index contributed by atoms with van der Waals surface area (Å²) >= 11 is 0. The van der Waals surface area contributed by atoms with Gasteiger partial charge in [-0.25, -0.2) is 0 Å². The number of ether oxygens (including phenoxy) is 1. The van der Waals surface area contributed by atoms with Crippen molar-refractivity contribution in [3.63, 3.8) is 0 Å². The van der Waals surface area contributed by atoms with Crippen LogP contribution in [0, 0.1) is 11.8 Å². The molecule has 20 heavy (non-hydrogen) atoms. The van der Waals surface area contributed by atoms with E-state index in [1.807, 2.05) is 0 Å². The van der Waals surface area contributed by atoms with Gasteiger partial charge in [-0.1, -0.05) is 12.2 Å². The number of hydrogen-bond donors (Lipinski definition) is 2. The number of amides is 2. The molecule has 0 bridgehead atoms. The van der Waals surface area contributed by atoms with Crippen molar-refractivity contribution in [3.05, 3.63) is 25.3 Å². The SMILES string of the molecule is C=CC1OC(C=C)C2C(=O)N(CCN=C(N)N)C(=O)C12. The van der Waals surface area contributed by atoms with Gasteiger partial charge in [0.1, 0.15) is 0 Å². The van der Waals surface area contributed by atoms with E-state index in [0.717, 1.165) is 0 Å². The Morgan fingerprint density at radius 3 is 2.10 bits per heavy atom. The number of nitrogens with two attached hydrogens (primary N) is 2. The summed E-state index contributed by atoms with van der Waals surface area (Å²) in [6.07, 6.45) is 2.16. The van der Waals surface area contributed by atoms with Gasteiger partial charge < -0.3 is 16.2 Å². The van der Waals surface area contributed by atoms with Crippen molar-refractivity contribution in [3.8, 4) is 0 Å². The topological polar surface area (TPSA) is 111 Å². The molecule has 7 heteroatoms. The van der Waals surface area contributed by atoms with E-state index in [4.69, 9.17) is 16.2 Å². The number of nitrogens with zero attached hydrogens (tertiary/aromatic N) is 2. The first-order valence-corrected chi connectivity index (χ1v) is 6.32. The molecule has 4 N–H and O–H groups in total. The molecular formula is C13H18N4O3. The number of fused-ring (bicyclic) bond motifs is 1. The second kappa shape index (κ2) is 5.46. The van der Waals surface area contributed by atoms with E-state index in [0.29, 0.717) is 0 Å².